The molecule has 202 valence electrons. The third-order valence-corrected chi connectivity index (χ3v) is 13.6. The molecule has 12 atom stereocenters. The number of rotatable bonds is 1. The Bertz CT molecular complexity index is 992. The van der Waals surface area contributed by atoms with E-state index in [1.54, 1.807) is 0 Å². The highest BCUT2D eigenvalue weighted by molar-refractivity contribution is 5.93. The largest absolute Gasteiger partial charge is 0.469 e. The second kappa shape index (κ2) is 7.88. The van der Waals surface area contributed by atoms with Crippen LogP contribution >= 0.6 is 0 Å². The summed E-state index contributed by atoms with van der Waals surface area (Å²) in [6, 6.07) is 0. The number of hydrogen-bond acceptors (Lipinski definition) is 6. The Hall–Kier alpha value is -1.27. The molecule has 6 heteroatoms. The van der Waals surface area contributed by atoms with Crippen molar-refractivity contribution in [2.45, 2.75) is 105 Å². The van der Waals surface area contributed by atoms with Crippen LogP contribution in [-0.4, -0.2) is 47.1 Å². The fourth-order valence-corrected chi connectivity index (χ4v) is 11.2. The maximum absolute atomic E-state index is 13.4. The average molecular weight is 503 g/mol. The maximum atomic E-state index is 13.4. The number of Topliss-reactive ketones (excluding diaryl/α,β-unsaturated/α-hetero) is 2. The highest BCUT2D eigenvalue weighted by Crippen LogP contribution is 2.77. The van der Waals surface area contributed by atoms with Crippen LogP contribution in [0.4, 0.5) is 0 Å². The molecule has 0 amide bonds. The Kier molecular flexibility index (Phi) is 5.76. The van der Waals surface area contributed by atoms with E-state index in [0.29, 0.717) is 18.8 Å². The molecule has 0 spiro atoms. The first-order valence-corrected chi connectivity index (χ1v) is 14.2. The molecule has 6 nitrogen and oxygen atoms in total. The smallest absolute Gasteiger partial charge is 0.312 e. The highest BCUT2D eigenvalue weighted by Gasteiger charge is 2.74. The minimum Gasteiger partial charge on any atom is -0.469 e. The number of fused-ring (bicyclic) bond motifs is 7. The highest BCUT2D eigenvalue weighted by atomic mass is 16.5. The number of aliphatic hydroxyl groups is 2. The topological polar surface area (TPSA) is 101 Å². The van der Waals surface area contributed by atoms with Gasteiger partial charge in [0, 0.05) is 17.3 Å². The van der Waals surface area contributed by atoms with Crippen molar-refractivity contribution in [2.75, 3.05) is 7.11 Å². The molecule has 0 radical (unpaired) electrons. The number of ketones is 2. The molecule has 0 saturated heterocycles. The summed E-state index contributed by atoms with van der Waals surface area (Å²) >= 11 is 0. The summed E-state index contributed by atoms with van der Waals surface area (Å²) in [5, 5.41) is 22.0. The summed E-state index contributed by atoms with van der Waals surface area (Å²) in [4.78, 5) is 39.3. The fraction of sp³-hybridized carbons (Fsp3) is 0.900. The van der Waals surface area contributed by atoms with Crippen molar-refractivity contribution in [3.05, 3.63) is 0 Å². The van der Waals surface area contributed by atoms with E-state index < -0.39 is 29.0 Å². The number of methoxy groups -OCH3 is 1. The molecular formula is C30H46O6. The Morgan fingerprint density at radius 2 is 1.39 bits per heavy atom. The van der Waals surface area contributed by atoms with Gasteiger partial charge in [0.15, 0.2) is 11.6 Å². The molecular weight excluding hydrogens is 456 g/mol. The molecule has 12 unspecified atom stereocenters. The third-order valence-electron chi connectivity index (χ3n) is 13.6. The molecule has 5 rings (SSSR count). The quantitative estimate of drug-likeness (QED) is 0.517. The zero-order valence-electron chi connectivity index (χ0n) is 23.2. The van der Waals surface area contributed by atoms with E-state index in [0.717, 1.165) is 38.5 Å². The molecule has 0 aromatic rings. The van der Waals surface area contributed by atoms with Crippen molar-refractivity contribution < 1.29 is 29.3 Å². The number of ether oxygens (including phenoxy) is 1. The van der Waals surface area contributed by atoms with Gasteiger partial charge in [0.05, 0.1) is 12.5 Å². The van der Waals surface area contributed by atoms with Gasteiger partial charge in [0.25, 0.3) is 0 Å². The van der Waals surface area contributed by atoms with E-state index in [9.17, 15) is 24.6 Å². The lowest BCUT2D eigenvalue weighted by atomic mass is 9.30. The summed E-state index contributed by atoms with van der Waals surface area (Å²) in [6.07, 6.45) is 4.28. The van der Waals surface area contributed by atoms with Gasteiger partial charge in [-0.15, -0.1) is 0 Å². The third kappa shape index (κ3) is 2.84. The van der Waals surface area contributed by atoms with Crippen LogP contribution in [0.25, 0.3) is 0 Å². The van der Waals surface area contributed by atoms with Crippen LogP contribution in [0.1, 0.15) is 92.9 Å². The standard InChI is InChI=1S/C30H46O6/c1-16-14-20-27(4,24(34)22(16)32)11-13-28(5)19-8-9-30(25(35)36-7)17(2)23(33)18(31)15-21(30)26(19,3)10-12-29(20,28)6/h16-21,24,31,34H,8-15H2,1-7H3. The van der Waals surface area contributed by atoms with Crippen LogP contribution in [-0.2, 0) is 19.1 Å². The molecule has 0 aromatic heterocycles. The minimum atomic E-state index is -1.03. The van der Waals surface area contributed by atoms with Gasteiger partial charge in [-0.1, -0.05) is 41.5 Å². The Morgan fingerprint density at radius 3 is 2.00 bits per heavy atom. The molecule has 36 heavy (non-hydrogen) atoms. The van der Waals surface area contributed by atoms with Crippen LogP contribution < -0.4 is 0 Å². The van der Waals surface area contributed by atoms with Crippen LogP contribution in [0.15, 0.2) is 0 Å². The van der Waals surface area contributed by atoms with Crippen molar-refractivity contribution in [2.24, 2.45) is 56.7 Å². The van der Waals surface area contributed by atoms with Gasteiger partial charge in [-0.05, 0) is 85.4 Å². The Labute approximate surface area is 215 Å². The van der Waals surface area contributed by atoms with Crippen LogP contribution in [0.2, 0.25) is 0 Å². The van der Waals surface area contributed by atoms with Crippen molar-refractivity contribution in [1.82, 2.24) is 0 Å². The second-order valence-corrected chi connectivity index (χ2v) is 14.4. The normalized spacial score (nSPS) is 56.6. The molecule has 0 aromatic carbocycles. The molecule has 5 aliphatic rings. The molecule has 5 aliphatic carbocycles. The lowest BCUT2D eigenvalue weighted by Gasteiger charge is -2.74. The number of aliphatic hydroxyl groups excluding tert-OH is 2. The minimum absolute atomic E-state index is 0.00280. The van der Waals surface area contributed by atoms with Crippen molar-refractivity contribution in [1.29, 1.82) is 0 Å². The second-order valence-electron chi connectivity index (χ2n) is 14.4. The monoisotopic (exact) mass is 502 g/mol. The molecule has 5 fully saturated rings. The van der Waals surface area contributed by atoms with Crippen LogP contribution in [0.5, 0.6) is 0 Å². The van der Waals surface area contributed by atoms with Gasteiger partial charge in [0.1, 0.15) is 12.2 Å². The van der Waals surface area contributed by atoms with Gasteiger partial charge in [-0.25, -0.2) is 0 Å². The predicted molar refractivity (Wildman–Crippen MR) is 135 cm³/mol. The average Bonchev–Trinajstić information content (AvgIpc) is 2.84. The molecule has 5 saturated carbocycles. The predicted octanol–water partition coefficient (Wildman–Crippen LogP) is 4.34. The number of esters is 1. The summed E-state index contributed by atoms with van der Waals surface area (Å²) in [5.74, 6) is -0.763. The number of carbonyl (C=O) groups is 3. The fourth-order valence-electron chi connectivity index (χ4n) is 11.2. The zero-order valence-corrected chi connectivity index (χ0v) is 23.2. The first kappa shape index (κ1) is 26.3. The van der Waals surface area contributed by atoms with Gasteiger partial charge >= 0.3 is 5.97 Å². The van der Waals surface area contributed by atoms with Gasteiger partial charge in [0.2, 0.25) is 0 Å². The van der Waals surface area contributed by atoms with E-state index in [-0.39, 0.29) is 51.5 Å². The van der Waals surface area contributed by atoms with E-state index >= 15 is 0 Å². The summed E-state index contributed by atoms with van der Waals surface area (Å²) in [6.45, 7) is 13.1. The number of hydrogen-bond donors (Lipinski definition) is 2. The van der Waals surface area contributed by atoms with E-state index in [2.05, 4.69) is 27.7 Å². The van der Waals surface area contributed by atoms with E-state index in [1.807, 2.05) is 13.8 Å². The SMILES string of the molecule is COC(=O)C12CCC3C(C)(CCC4(C)C5CC(C)C(=O)C(O)C5(C)CCC34C)C1CC(O)C(=O)C2C. The summed E-state index contributed by atoms with van der Waals surface area (Å²) in [5.41, 5.74) is -1.56. The lowest BCUT2D eigenvalue weighted by Crippen LogP contribution is -2.71. The van der Waals surface area contributed by atoms with Gasteiger partial charge in [-0.3, -0.25) is 14.4 Å². The van der Waals surface area contributed by atoms with Gasteiger partial charge < -0.3 is 14.9 Å². The summed E-state index contributed by atoms with van der Waals surface area (Å²) in [7, 11) is 1.42. The summed E-state index contributed by atoms with van der Waals surface area (Å²) < 4.78 is 5.37. The molecule has 0 heterocycles. The Morgan fingerprint density at radius 1 is 0.806 bits per heavy atom. The van der Waals surface area contributed by atoms with Crippen molar-refractivity contribution in [3.8, 4) is 0 Å². The number of carbonyl (C=O) groups excluding carboxylic acids is 3. The molecule has 2 N–H and O–H groups in total. The van der Waals surface area contributed by atoms with Crippen molar-refractivity contribution >= 4 is 17.5 Å². The first-order chi connectivity index (χ1) is 16.6. The van der Waals surface area contributed by atoms with Gasteiger partial charge in [-0.2, -0.15) is 0 Å². The zero-order chi connectivity index (χ0) is 26.6. The Balaban J connectivity index is 1.59. The maximum Gasteiger partial charge on any atom is 0.312 e. The van der Waals surface area contributed by atoms with Crippen LogP contribution in [0, 0.1) is 56.7 Å². The first-order valence-electron chi connectivity index (χ1n) is 14.2. The van der Waals surface area contributed by atoms with E-state index in [1.165, 1.54) is 7.11 Å². The molecule has 0 bridgehead atoms. The van der Waals surface area contributed by atoms with E-state index in [4.69, 9.17) is 4.74 Å². The van der Waals surface area contributed by atoms with Crippen LogP contribution in [0.3, 0.4) is 0 Å². The van der Waals surface area contributed by atoms with Crippen molar-refractivity contribution in [3.63, 3.8) is 0 Å². The lowest BCUT2D eigenvalue weighted by molar-refractivity contribution is -0.266. The molecule has 0 aliphatic heterocycles.